The molecular weight excluding hydrogens is 366 g/mol. The van der Waals surface area contributed by atoms with Gasteiger partial charge in [0.25, 0.3) is 0 Å². The average Bonchev–Trinajstić information content (AvgIpc) is 3.15. The summed E-state index contributed by atoms with van der Waals surface area (Å²) in [5.74, 6) is 1.45. The number of nitrogens with zero attached hydrogens (tertiary/aromatic N) is 2. The standard InChI is InChI=1S/C19H19N3O4S/c1-12-4-7-14(8-5-12)27-11-17(23)20-19-22-21-18(26-19)13-6-9-15(24-2)16(10-13)25-3/h4-10H,11H2,1-3H3,(H,20,22,23). The highest BCUT2D eigenvalue weighted by atomic mass is 32.2. The van der Waals surface area contributed by atoms with E-state index in [1.807, 2.05) is 31.2 Å². The second kappa shape index (κ2) is 8.59. The molecule has 2 aromatic carbocycles. The molecule has 1 N–H and O–H groups in total. The van der Waals surface area contributed by atoms with Crippen LogP contribution in [0.2, 0.25) is 0 Å². The fourth-order valence-electron chi connectivity index (χ4n) is 2.30. The lowest BCUT2D eigenvalue weighted by molar-refractivity contribution is -0.113. The largest absolute Gasteiger partial charge is 0.493 e. The van der Waals surface area contributed by atoms with Crippen LogP contribution in [0.15, 0.2) is 51.8 Å². The molecule has 0 aliphatic carbocycles. The SMILES string of the molecule is COc1ccc(-c2nnc(NC(=O)CSc3ccc(C)cc3)o2)cc1OC. The van der Waals surface area contributed by atoms with Crippen molar-refractivity contribution >= 4 is 23.7 Å². The monoisotopic (exact) mass is 385 g/mol. The maximum absolute atomic E-state index is 12.1. The summed E-state index contributed by atoms with van der Waals surface area (Å²) in [4.78, 5) is 13.1. The van der Waals surface area contributed by atoms with Gasteiger partial charge >= 0.3 is 6.01 Å². The molecule has 0 aliphatic heterocycles. The zero-order valence-electron chi connectivity index (χ0n) is 15.2. The van der Waals surface area contributed by atoms with Crippen LogP contribution in [0.1, 0.15) is 5.56 Å². The van der Waals surface area contributed by atoms with Crippen molar-refractivity contribution in [2.24, 2.45) is 0 Å². The van der Waals surface area contributed by atoms with E-state index in [1.54, 1.807) is 32.4 Å². The van der Waals surface area contributed by atoms with E-state index in [0.717, 1.165) is 4.90 Å². The number of benzene rings is 2. The molecule has 1 amide bonds. The molecule has 0 bridgehead atoms. The van der Waals surface area contributed by atoms with E-state index in [2.05, 4.69) is 15.5 Å². The van der Waals surface area contributed by atoms with Gasteiger partial charge in [-0.1, -0.05) is 22.8 Å². The molecule has 7 nitrogen and oxygen atoms in total. The van der Waals surface area contributed by atoms with Crippen LogP contribution in [0, 0.1) is 6.92 Å². The Balaban J connectivity index is 1.62. The quantitative estimate of drug-likeness (QED) is 0.619. The smallest absolute Gasteiger partial charge is 0.322 e. The summed E-state index contributed by atoms with van der Waals surface area (Å²) in [5.41, 5.74) is 1.84. The molecule has 3 rings (SSSR count). The molecule has 0 unspecified atom stereocenters. The molecule has 0 atom stereocenters. The van der Waals surface area contributed by atoms with Gasteiger partial charge < -0.3 is 13.9 Å². The number of thioether (sulfide) groups is 1. The van der Waals surface area contributed by atoms with E-state index in [9.17, 15) is 4.79 Å². The number of aryl methyl sites for hydroxylation is 1. The van der Waals surface area contributed by atoms with Crippen molar-refractivity contribution in [3.8, 4) is 23.0 Å². The Bertz CT molecular complexity index is 925. The second-order valence-corrected chi connectivity index (χ2v) is 6.68. The van der Waals surface area contributed by atoms with Gasteiger partial charge in [0.05, 0.1) is 20.0 Å². The number of aromatic nitrogens is 2. The summed E-state index contributed by atoms with van der Waals surface area (Å²) >= 11 is 1.44. The van der Waals surface area contributed by atoms with Gasteiger partial charge in [-0.15, -0.1) is 16.9 Å². The number of hydrogen-bond donors (Lipinski definition) is 1. The summed E-state index contributed by atoms with van der Waals surface area (Å²) in [7, 11) is 3.11. The number of anilines is 1. The highest BCUT2D eigenvalue weighted by Crippen LogP contribution is 2.32. The van der Waals surface area contributed by atoms with Crippen molar-refractivity contribution in [3.05, 3.63) is 48.0 Å². The Morgan fingerprint density at radius 3 is 2.52 bits per heavy atom. The number of nitrogens with one attached hydrogen (secondary N) is 1. The van der Waals surface area contributed by atoms with Crippen molar-refractivity contribution in [2.75, 3.05) is 25.3 Å². The lowest BCUT2D eigenvalue weighted by Crippen LogP contribution is -2.14. The van der Waals surface area contributed by atoms with Gasteiger partial charge in [-0.05, 0) is 37.3 Å². The van der Waals surface area contributed by atoms with Gasteiger partial charge in [0.2, 0.25) is 11.8 Å². The van der Waals surface area contributed by atoms with E-state index in [0.29, 0.717) is 17.1 Å². The Labute approximate surface area is 161 Å². The van der Waals surface area contributed by atoms with Gasteiger partial charge in [-0.3, -0.25) is 10.1 Å². The molecule has 8 heteroatoms. The molecule has 1 aromatic heterocycles. The third-order valence-electron chi connectivity index (χ3n) is 3.69. The van der Waals surface area contributed by atoms with Gasteiger partial charge in [-0.25, -0.2) is 0 Å². The van der Waals surface area contributed by atoms with Crippen molar-refractivity contribution in [1.82, 2.24) is 10.2 Å². The minimum Gasteiger partial charge on any atom is -0.493 e. The van der Waals surface area contributed by atoms with Crippen LogP contribution in [-0.4, -0.2) is 36.1 Å². The second-order valence-electron chi connectivity index (χ2n) is 5.63. The molecule has 0 radical (unpaired) electrons. The van der Waals surface area contributed by atoms with Gasteiger partial charge in [-0.2, -0.15) is 0 Å². The molecule has 3 aromatic rings. The van der Waals surface area contributed by atoms with E-state index in [1.165, 1.54) is 17.3 Å². The highest BCUT2D eigenvalue weighted by molar-refractivity contribution is 8.00. The highest BCUT2D eigenvalue weighted by Gasteiger charge is 2.14. The normalized spacial score (nSPS) is 10.5. The number of ether oxygens (including phenoxy) is 2. The van der Waals surface area contributed by atoms with Crippen molar-refractivity contribution in [3.63, 3.8) is 0 Å². The average molecular weight is 385 g/mol. The maximum Gasteiger partial charge on any atom is 0.322 e. The number of amides is 1. The van der Waals surface area contributed by atoms with Gasteiger partial charge in [0.15, 0.2) is 11.5 Å². The zero-order valence-corrected chi connectivity index (χ0v) is 16.0. The van der Waals surface area contributed by atoms with E-state index in [4.69, 9.17) is 13.9 Å². The summed E-state index contributed by atoms with van der Waals surface area (Å²) in [6.07, 6.45) is 0. The number of carbonyl (C=O) groups excluding carboxylic acids is 1. The first kappa shape index (κ1) is 18.8. The summed E-state index contributed by atoms with van der Waals surface area (Å²) in [6.45, 7) is 2.02. The summed E-state index contributed by atoms with van der Waals surface area (Å²) in [6, 6.07) is 13.3. The molecule has 0 spiro atoms. The van der Waals surface area contributed by atoms with E-state index in [-0.39, 0.29) is 23.6 Å². The summed E-state index contributed by atoms with van der Waals surface area (Å²) < 4.78 is 16.0. The van der Waals surface area contributed by atoms with Crippen LogP contribution in [0.4, 0.5) is 6.01 Å². The minimum absolute atomic E-state index is 0.0503. The summed E-state index contributed by atoms with van der Waals surface area (Å²) in [5, 5.41) is 10.4. The molecular formula is C19H19N3O4S. The molecule has 0 fully saturated rings. The number of carbonyl (C=O) groups is 1. The Morgan fingerprint density at radius 2 is 1.81 bits per heavy atom. The van der Waals surface area contributed by atoms with E-state index >= 15 is 0 Å². The van der Waals surface area contributed by atoms with Crippen LogP contribution >= 0.6 is 11.8 Å². The predicted molar refractivity (Wildman–Crippen MR) is 103 cm³/mol. The fourth-order valence-corrected chi connectivity index (χ4v) is 3.00. The van der Waals surface area contributed by atoms with Crippen molar-refractivity contribution in [2.45, 2.75) is 11.8 Å². The minimum atomic E-state index is -0.219. The first-order chi connectivity index (χ1) is 13.1. The molecule has 27 heavy (non-hydrogen) atoms. The zero-order chi connectivity index (χ0) is 19.2. The molecule has 0 saturated heterocycles. The molecule has 0 saturated carbocycles. The maximum atomic E-state index is 12.1. The molecule has 0 aliphatic rings. The van der Waals surface area contributed by atoms with Gasteiger partial charge in [0, 0.05) is 10.5 Å². The topological polar surface area (TPSA) is 86.5 Å². The fraction of sp³-hybridized carbons (Fsp3) is 0.211. The first-order valence-corrected chi connectivity index (χ1v) is 9.13. The number of rotatable bonds is 7. The lowest BCUT2D eigenvalue weighted by Gasteiger charge is -2.07. The van der Waals surface area contributed by atoms with Crippen molar-refractivity contribution < 1.29 is 18.7 Å². The third kappa shape index (κ3) is 4.79. The van der Waals surface area contributed by atoms with Gasteiger partial charge in [0.1, 0.15) is 0 Å². The molecule has 1 heterocycles. The lowest BCUT2D eigenvalue weighted by atomic mass is 10.2. The van der Waals surface area contributed by atoms with Crippen LogP contribution < -0.4 is 14.8 Å². The van der Waals surface area contributed by atoms with Crippen molar-refractivity contribution in [1.29, 1.82) is 0 Å². The number of methoxy groups -OCH3 is 2. The number of hydrogen-bond acceptors (Lipinski definition) is 7. The predicted octanol–water partition coefficient (Wildman–Crippen LogP) is 3.79. The van der Waals surface area contributed by atoms with E-state index < -0.39 is 0 Å². The van der Waals surface area contributed by atoms with Crippen LogP contribution in [-0.2, 0) is 4.79 Å². The Kier molecular flexibility index (Phi) is 5.97. The Morgan fingerprint density at radius 1 is 1.07 bits per heavy atom. The third-order valence-corrected chi connectivity index (χ3v) is 4.70. The molecule has 140 valence electrons. The first-order valence-electron chi connectivity index (χ1n) is 8.14. The van der Waals surface area contributed by atoms with Crippen LogP contribution in [0.3, 0.4) is 0 Å². The van der Waals surface area contributed by atoms with Crippen LogP contribution in [0.25, 0.3) is 11.5 Å². The Hall–Kier alpha value is -3.00. The van der Waals surface area contributed by atoms with Crippen LogP contribution in [0.5, 0.6) is 11.5 Å².